The van der Waals surface area contributed by atoms with Crippen molar-refractivity contribution >= 4 is 23.1 Å². The number of unbranched alkanes of at least 4 members (excludes halogenated alkanes) is 2. The third-order valence-corrected chi connectivity index (χ3v) is 0.675. The quantitative estimate of drug-likeness (QED) is 0.248. The molecule has 0 aromatic rings. The Morgan fingerprint density at radius 3 is 2.12 bits per heavy atom. The number of rotatable bonds is 2. The molecule has 0 aliphatic rings. The predicted molar refractivity (Wildman–Crippen MR) is 34.1 cm³/mol. The first kappa shape index (κ1) is 15.8. The Balaban J connectivity index is -0.000000125. The summed E-state index contributed by atoms with van der Waals surface area (Å²) in [6, 6.07) is 0. The summed E-state index contributed by atoms with van der Waals surface area (Å²) >= 11 is 0. The minimum absolute atomic E-state index is 0. The van der Waals surface area contributed by atoms with Crippen molar-refractivity contribution < 1.29 is 12.4 Å². The Hall–Kier alpha value is 0.616. The summed E-state index contributed by atoms with van der Waals surface area (Å²) in [6.45, 7) is 2.14. The zero-order valence-corrected chi connectivity index (χ0v) is 7.45. The van der Waals surface area contributed by atoms with Crippen LogP contribution in [0.2, 0.25) is 0 Å². The van der Waals surface area contributed by atoms with E-state index in [2.05, 4.69) is 12.8 Å². The molecule has 0 N–H and O–H groups in total. The predicted octanol–water partition coefficient (Wildman–Crippen LogP) is -1.57. The summed E-state index contributed by atoms with van der Waals surface area (Å²) in [4.78, 5) is 0. The van der Waals surface area contributed by atoms with Gasteiger partial charge < -0.3 is 12.4 Å². The molecule has 42 valence electrons. The van der Waals surface area contributed by atoms with Crippen LogP contribution in [-0.4, -0.2) is 23.1 Å². The van der Waals surface area contributed by atoms with Crippen molar-refractivity contribution in [1.82, 2.24) is 0 Å². The molecule has 0 rings (SSSR count). The molecule has 0 heterocycles. The van der Waals surface area contributed by atoms with E-state index in [1.165, 1.54) is 12.8 Å². The molecule has 0 spiro atoms. The van der Waals surface area contributed by atoms with Gasteiger partial charge in [-0.1, -0.05) is 13.3 Å². The second-order valence-corrected chi connectivity index (χ2v) is 1.31. The number of terminal acetylenes is 1. The summed E-state index contributed by atoms with van der Waals surface area (Å²) in [7, 11) is 0. The van der Waals surface area contributed by atoms with Crippen LogP contribution < -0.4 is 12.4 Å². The number of hydrogen-bond acceptors (Lipinski definition) is 0. The van der Waals surface area contributed by atoms with Crippen molar-refractivity contribution in [3.63, 3.8) is 0 Å². The molecular formula is C6H10ClMg+. The second kappa shape index (κ2) is 15.6. The first-order valence-electron chi connectivity index (χ1n) is 2.35. The van der Waals surface area contributed by atoms with E-state index in [9.17, 15) is 0 Å². The van der Waals surface area contributed by atoms with Crippen LogP contribution in [0.1, 0.15) is 26.2 Å². The first-order valence-corrected chi connectivity index (χ1v) is 2.35. The van der Waals surface area contributed by atoms with Crippen LogP contribution in [0.25, 0.3) is 0 Å². The maximum absolute atomic E-state index is 4.96. The summed E-state index contributed by atoms with van der Waals surface area (Å²) < 4.78 is 0. The van der Waals surface area contributed by atoms with Crippen LogP contribution >= 0.6 is 0 Å². The van der Waals surface area contributed by atoms with E-state index >= 15 is 0 Å². The standard InChI is InChI=1S/C6H10.ClH.Mg/c1-3-5-6-4-2;;/h1H,4-6H2,2H3;1H;/q;;+2/p-1. The summed E-state index contributed by atoms with van der Waals surface area (Å²) in [5.41, 5.74) is 0. The van der Waals surface area contributed by atoms with Gasteiger partial charge in [-0.15, -0.1) is 12.3 Å². The van der Waals surface area contributed by atoms with Crippen molar-refractivity contribution in [2.75, 3.05) is 0 Å². The van der Waals surface area contributed by atoms with Crippen molar-refractivity contribution in [1.29, 1.82) is 0 Å². The SMILES string of the molecule is C#CCCCC.[Cl-].[Mg+2]. The molecule has 0 bridgehead atoms. The molecule has 0 saturated heterocycles. The molecule has 0 nitrogen and oxygen atoms in total. The maximum atomic E-state index is 4.96. The van der Waals surface area contributed by atoms with Gasteiger partial charge in [-0.05, 0) is 6.42 Å². The van der Waals surface area contributed by atoms with E-state index < -0.39 is 0 Å². The molecule has 0 aliphatic carbocycles. The average molecular weight is 142 g/mol. The van der Waals surface area contributed by atoms with Crippen LogP contribution in [0.15, 0.2) is 0 Å². The Labute approximate surface area is 74.0 Å². The largest absolute Gasteiger partial charge is 2.00 e. The molecule has 0 aromatic carbocycles. The summed E-state index contributed by atoms with van der Waals surface area (Å²) in [5.74, 6) is 2.57. The van der Waals surface area contributed by atoms with E-state index in [-0.39, 0.29) is 35.5 Å². The normalized spacial score (nSPS) is 5.50. The molecule has 2 heteroatoms. The van der Waals surface area contributed by atoms with Crippen LogP contribution in [0.4, 0.5) is 0 Å². The van der Waals surface area contributed by atoms with Gasteiger partial charge in [0.25, 0.3) is 0 Å². The fraction of sp³-hybridized carbons (Fsp3) is 0.667. The second-order valence-electron chi connectivity index (χ2n) is 1.31. The van der Waals surface area contributed by atoms with E-state index in [1.807, 2.05) is 0 Å². The molecule has 0 unspecified atom stereocenters. The Morgan fingerprint density at radius 2 is 2.00 bits per heavy atom. The van der Waals surface area contributed by atoms with Gasteiger partial charge in [-0.25, -0.2) is 0 Å². The van der Waals surface area contributed by atoms with Crippen molar-refractivity contribution in [2.45, 2.75) is 26.2 Å². The van der Waals surface area contributed by atoms with Crippen LogP contribution in [-0.2, 0) is 0 Å². The molecule has 0 fully saturated rings. The number of hydrogen-bond donors (Lipinski definition) is 0. The fourth-order valence-electron chi connectivity index (χ4n) is 0.279. The van der Waals surface area contributed by atoms with Crippen molar-refractivity contribution in [3.05, 3.63) is 0 Å². The van der Waals surface area contributed by atoms with Gasteiger partial charge in [-0.2, -0.15) is 0 Å². The molecule has 0 radical (unpaired) electrons. The fourth-order valence-corrected chi connectivity index (χ4v) is 0.279. The van der Waals surface area contributed by atoms with Gasteiger partial charge in [0.15, 0.2) is 0 Å². The molecule has 0 atom stereocenters. The molecule has 0 amide bonds. The topological polar surface area (TPSA) is 0 Å². The average Bonchev–Trinajstić information content (AvgIpc) is 1.61. The molecule has 0 aromatic heterocycles. The third kappa shape index (κ3) is 16.0. The molecule has 0 aliphatic heterocycles. The van der Waals surface area contributed by atoms with E-state index in [4.69, 9.17) is 6.42 Å². The Kier molecular flexibility index (Phi) is 31.0. The van der Waals surface area contributed by atoms with Gasteiger partial charge in [0, 0.05) is 6.42 Å². The molecular weight excluding hydrogens is 132 g/mol. The zero-order valence-electron chi connectivity index (χ0n) is 5.28. The summed E-state index contributed by atoms with van der Waals surface area (Å²) in [6.07, 6.45) is 8.30. The Bertz CT molecular complexity index is 56.0. The third-order valence-electron chi connectivity index (χ3n) is 0.675. The van der Waals surface area contributed by atoms with Crippen LogP contribution in [0.3, 0.4) is 0 Å². The van der Waals surface area contributed by atoms with Crippen LogP contribution in [0.5, 0.6) is 0 Å². The summed E-state index contributed by atoms with van der Waals surface area (Å²) in [5, 5.41) is 0. The molecule has 0 saturated carbocycles. The van der Waals surface area contributed by atoms with Crippen molar-refractivity contribution in [2.24, 2.45) is 0 Å². The smallest absolute Gasteiger partial charge is 1.00 e. The minimum Gasteiger partial charge on any atom is -1.00 e. The molecule has 8 heavy (non-hydrogen) atoms. The van der Waals surface area contributed by atoms with Gasteiger partial charge >= 0.3 is 23.1 Å². The van der Waals surface area contributed by atoms with Gasteiger partial charge in [0.1, 0.15) is 0 Å². The minimum atomic E-state index is 0. The Morgan fingerprint density at radius 1 is 1.50 bits per heavy atom. The van der Waals surface area contributed by atoms with E-state index in [0.717, 1.165) is 6.42 Å². The van der Waals surface area contributed by atoms with E-state index in [0.29, 0.717) is 0 Å². The van der Waals surface area contributed by atoms with Gasteiger partial charge in [0.05, 0.1) is 0 Å². The first-order chi connectivity index (χ1) is 2.91. The maximum Gasteiger partial charge on any atom is 2.00 e. The van der Waals surface area contributed by atoms with Gasteiger partial charge in [0.2, 0.25) is 0 Å². The zero-order chi connectivity index (χ0) is 4.83. The number of halogens is 1. The van der Waals surface area contributed by atoms with Gasteiger partial charge in [-0.3, -0.25) is 0 Å². The van der Waals surface area contributed by atoms with E-state index in [1.54, 1.807) is 0 Å². The van der Waals surface area contributed by atoms with Crippen molar-refractivity contribution in [3.8, 4) is 12.3 Å². The monoisotopic (exact) mass is 141 g/mol. The van der Waals surface area contributed by atoms with Crippen LogP contribution in [0, 0.1) is 12.3 Å².